The maximum Gasteiger partial charge on any atom is 0.263 e. The lowest BCUT2D eigenvalue weighted by Gasteiger charge is -2.24. The van der Waals surface area contributed by atoms with Gasteiger partial charge in [-0.2, -0.15) is 0 Å². The predicted octanol–water partition coefficient (Wildman–Crippen LogP) is 2.64. The average molecular weight is 253 g/mol. The lowest BCUT2D eigenvalue weighted by atomic mass is 9.96. The van der Waals surface area contributed by atoms with Crippen molar-refractivity contribution < 1.29 is 9.53 Å². The summed E-state index contributed by atoms with van der Waals surface area (Å²) in [5.74, 6) is 0.870. The molecule has 1 saturated heterocycles. The second-order valence-corrected chi connectivity index (χ2v) is 5.50. The molecule has 2 heterocycles. The molecule has 0 bridgehead atoms. The normalized spacial score (nSPS) is 17.0. The Morgan fingerprint density at radius 3 is 2.94 bits per heavy atom. The van der Waals surface area contributed by atoms with Crippen molar-refractivity contribution in [3.63, 3.8) is 0 Å². The highest BCUT2D eigenvalue weighted by Gasteiger charge is 2.17. The van der Waals surface area contributed by atoms with Gasteiger partial charge in [-0.15, -0.1) is 11.3 Å². The number of carbonyl (C=O) groups excluding carboxylic acids is 1. The molecule has 17 heavy (non-hydrogen) atoms. The summed E-state index contributed by atoms with van der Waals surface area (Å²) < 4.78 is 5.33. The van der Waals surface area contributed by atoms with Crippen LogP contribution in [-0.2, 0) is 4.74 Å². The van der Waals surface area contributed by atoms with Crippen LogP contribution in [0.25, 0.3) is 0 Å². The quantitative estimate of drug-likeness (QED) is 0.825. The summed E-state index contributed by atoms with van der Waals surface area (Å²) in [5.41, 5.74) is 0. The van der Waals surface area contributed by atoms with E-state index in [9.17, 15) is 4.79 Å². The second-order valence-electron chi connectivity index (χ2n) is 4.55. The zero-order valence-electron chi connectivity index (χ0n) is 10.2. The number of thiophene rings is 1. The van der Waals surface area contributed by atoms with E-state index in [-0.39, 0.29) is 5.91 Å². The van der Waals surface area contributed by atoms with Crippen molar-refractivity contribution in [3.05, 3.63) is 22.4 Å². The molecule has 0 aromatic carbocycles. The van der Waals surface area contributed by atoms with Gasteiger partial charge in [-0.25, -0.2) is 0 Å². The van der Waals surface area contributed by atoms with Crippen LogP contribution in [0, 0.1) is 5.92 Å². The fourth-order valence-corrected chi connectivity index (χ4v) is 2.82. The van der Waals surface area contributed by atoms with E-state index in [2.05, 4.69) is 0 Å². The van der Waals surface area contributed by atoms with E-state index in [1.807, 2.05) is 29.5 Å². The molecule has 0 spiro atoms. The molecule has 1 fully saturated rings. The zero-order valence-corrected chi connectivity index (χ0v) is 11.0. The number of ether oxygens (including phenoxy) is 1. The van der Waals surface area contributed by atoms with Crippen LogP contribution < -0.4 is 0 Å². The van der Waals surface area contributed by atoms with E-state index >= 15 is 0 Å². The van der Waals surface area contributed by atoms with E-state index in [1.165, 1.54) is 11.3 Å². The van der Waals surface area contributed by atoms with Crippen LogP contribution in [0.3, 0.4) is 0 Å². The first-order valence-corrected chi connectivity index (χ1v) is 7.02. The molecule has 1 aliphatic rings. The molecular formula is C13H19NO2S. The SMILES string of the molecule is CN(CCC1CCOCC1)C(=O)c1cccs1. The Labute approximate surface area is 106 Å². The van der Waals surface area contributed by atoms with Crippen molar-refractivity contribution in [2.75, 3.05) is 26.8 Å². The molecule has 0 radical (unpaired) electrons. The van der Waals surface area contributed by atoms with Gasteiger partial charge in [0.2, 0.25) is 0 Å². The summed E-state index contributed by atoms with van der Waals surface area (Å²) in [5, 5.41) is 1.94. The van der Waals surface area contributed by atoms with Gasteiger partial charge < -0.3 is 9.64 Å². The highest BCUT2D eigenvalue weighted by molar-refractivity contribution is 7.12. The third kappa shape index (κ3) is 3.54. The van der Waals surface area contributed by atoms with Crippen LogP contribution in [0.5, 0.6) is 0 Å². The molecule has 0 unspecified atom stereocenters. The van der Waals surface area contributed by atoms with Gasteiger partial charge >= 0.3 is 0 Å². The molecule has 0 N–H and O–H groups in total. The van der Waals surface area contributed by atoms with Crippen LogP contribution in [0.4, 0.5) is 0 Å². The monoisotopic (exact) mass is 253 g/mol. The van der Waals surface area contributed by atoms with Crippen LogP contribution in [-0.4, -0.2) is 37.6 Å². The van der Waals surface area contributed by atoms with Gasteiger partial charge in [-0.1, -0.05) is 6.07 Å². The number of amides is 1. The highest BCUT2D eigenvalue weighted by Crippen LogP contribution is 2.19. The van der Waals surface area contributed by atoms with Crippen LogP contribution in [0.1, 0.15) is 28.9 Å². The van der Waals surface area contributed by atoms with Gasteiger partial charge in [0, 0.05) is 26.8 Å². The molecular weight excluding hydrogens is 234 g/mol. The zero-order chi connectivity index (χ0) is 12.1. The van der Waals surface area contributed by atoms with Gasteiger partial charge in [-0.05, 0) is 36.6 Å². The van der Waals surface area contributed by atoms with Crippen molar-refractivity contribution in [2.45, 2.75) is 19.3 Å². The van der Waals surface area contributed by atoms with Crippen LogP contribution in [0.15, 0.2) is 17.5 Å². The largest absolute Gasteiger partial charge is 0.381 e. The Bertz CT molecular complexity index is 344. The molecule has 94 valence electrons. The molecule has 4 heteroatoms. The molecule has 0 atom stereocenters. The lowest BCUT2D eigenvalue weighted by molar-refractivity contribution is 0.0584. The third-order valence-corrected chi connectivity index (χ3v) is 4.15. The first kappa shape index (κ1) is 12.6. The summed E-state index contributed by atoms with van der Waals surface area (Å²) in [4.78, 5) is 14.7. The summed E-state index contributed by atoms with van der Waals surface area (Å²) in [7, 11) is 1.89. The Morgan fingerprint density at radius 2 is 2.29 bits per heavy atom. The topological polar surface area (TPSA) is 29.5 Å². The number of hydrogen-bond donors (Lipinski definition) is 0. The Kier molecular flexibility index (Phi) is 4.57. The molecule has 1 amide bonds. The Morgan fingerprint density at radius 1 is 1.53 bits per heavy atom. The molecule has 0 aliphatic carbocycles. The van der Waals surface area contributed by atoms with Gasteiger partial charge in [0.25, 0.3) is 5.91 Å². The third-order valence-electron chi connectivity index (χ3n) is 3.29. The van der Waals surface area contributed by atoms with E-state index < -0.39 is 0 Å². The molecule has 3 nitrogen and oxygen atoms in total. The maximum absolute atomic E-state index is 12.0. The number of rotatable bonds is 4. The minimum atomic E-state index is 0.145. The number of carbonyl (C=O) groups is 1. The van der Waals surface area contributed by atoms with Crippen LogP contribution in [0.2, 0.25) is 0 Å². The summed E-state index contributed by atoms with van der Waals surface area (Å²) in [6.07, 6.45) is 3.37. The first-order valence-electron chi connectivity index (χ1n) is 6.14. The highest BCUT2D eigenvalue weighted by atomic mass is 32.1. The fourth-order valence-electron chi connectivity index (χ4n) is 2.10. The lowest BCUT2D eigenvalue weighted by Crippen LogP contribution is -2.29. The minimum absolute atomic E-state index is 0.145. The van der Waals surface area contributed by atoms with Gasteiger partial charge in [-0.3, -0.25) is 4.79 Å². The van der Waals surface area contributed by atoms with Gasteiger partial charge in [0.15, 0.2) is 0 Å². The first-order chi connectivity index (χ1) is 8.27. The van der Waals surface area contributed by atoms with Crippen molar-refractivity contribution in [2.24, 2.45) is 5.92 Å². The standard InChI is InChI=1S/C13H19NO2S/c1-14(13(15)12-3-2-10-17-12)7-4-11-5-8-16-9-6-11/h2-3,10-11H,4-9H2,1H3. The second kappa shape index (κ2) is 6.17. The van der Waals surface area contributed by atoms with E-state index in [0.29, 0.717) is 0 Å². The molecule has 1 aromatic rings. The number of hydrogen-bond acceptors (Lipinski definition) is 3. The minimum Gasteiger partial charge on any atom is -0.381 e. The Balaban J connectivity index is 1.76. The maximum atomic E-state index is 12.0. The van der Waals surface area contributed by atoms with Crippen molar-refractivity contribution in [1.82, 2.24) is 4.90 Å². The average Bonchev–Trinajstić information content (AvgIpc) is 2.90. The van der Waals surface area contributed by atoms with E-state index in [0.717, 1.165) is 49.8 Å². The van der Waals surface area contributed by atoms with Gasteiger partial charge in [0.05, 0.1) is 4.88 Å². The summed E-state index contributed by atoms with van der Waals surface area (Å²) >= 11 is 1.51. The van der Waals surface area contributed by atoms with Crippen molar-refractivity contribution >= 4 is 17.2 Å². The summed E-state index contributed by atoms with van der Waals surface area (Å²) in [6.45, 7) is 2.61. The molecule has 2 rings (SSSR count). The van der Waals surface area contributed by atoms with Crippen LogP contribution >= 0.6 is 11.3 Å². The Hall–Kier alpha value is -0.870. The van der Waals surface area contributed by atoms with E-state index in [1.54, 1.807) is 0 Å². The smallest absolute Gasteiger partial charge is 0.263 e. The predicted molar refractivity (Wildman–Crippen MR) is 69.4 cm³/mol. The van der Waals surface area contributed by atoms with Crippen molar-refractivity contribution in [1.29, 1.82) is 0 Å². The summed E-state index contributed by atoms with van der Waals surface area (Å²) in [6, 6.07) is 3.81. The molecule has 1 aromatic heterocycles. The van der Waals surface area contributed by atoms with Gasteiger partial charge in [0.1, 0.15) is 0 Å². The molecule has 0 saturated carbocycles. The van der Waals surface area contributed by atoms with E-state index in [4.69, 9.17) is 4.74 Å². The fraction of sp³-hybridized carbons (Fsp3) is 0.615. The van der Waals surface area contributed by atoms with Crippen molar-refractivity contribution in [3.8, 4) is 0 Å². The number of nitrogens with zero attached hydrogens (tertiary/aromatic N) is 1. The molecule has 1 aliphatic heterocycles.